The van der Waals surface area contributed by atoms with E-state index >= 15 is 0 Å². The first-order chi connectivity index (χ1) is 14.6. The van der Waals surface area contributed by atoms with Crippen LogP contribution in [0, 0.1) is 5.92 Å². The summed E-state index contributed by atoms with van der Waals surface area (Å²) in [6, 6.07) is 19.8. The summed E-state index contributed by atoms with van der Waals surface area (Å²) in [6.45, 7) is 0.925. The van der Waals surface area contributed by atoms with Gasteiger partial charge in [-0.3, -0.25) is 14.4 Å². The van der Waals surface area contributed by atoms with Crippen LogP contribution in [0.5, 0.6) is 0 Å². The van der Waals surface area contributed by atoms with Gasteiger partial charge >= 0.3 is 0 Å². The predicted octanol–water partition coefficient (Wildman–Crippen LogP) is 4.47. The van der Waals surface area contributed by atoms with Crippen LogP contribution in [-0.2, 0) is 4.79 Å². The van der Waals surface area contributed by atoms with Crippen LogP contribution in [-0.4, -0.2) is 35.6 Å². The molecule has 0 aliphatic carbocycles. The summed E-state index contributed by atoms with van der Waals surface area (Å²) in [5.74, 6) is -0.707. The Morgan fingerprint density at radius 3 is 2.37 bits per heavy atom. The van der Waals surface area contributed by atoms with Crippen molar-refractivity contribution >= 4 is 34.6 Å². The number of benzene rings is 2. The smallest absolute Gasteiger partial charge is 0.254 e. The highest BCUT2D eigenvalue weighted by molar-refractivity contribution is 7.12. The number of hydrogen-bond donors (Lipinski definition) is 1. The number of para-hydroxylation sites is 1. The first-order valence-corrected chi connectivity index (χ1v) is 10.8. The summed E-state index contributed by atoms with van der Waals surface area (Å²) in [5, 5.41) is 4.77. The Kier molecular flexibility index (Phi) is 6.05. The van der Waals surface area contributed by atoms with Gasteiger partial charge in [0.25, 0.3) is 5.91 Å². The van der Waals surface area contributed by atoms with Crippen molar-refractivity contribution in [3.05, 3.63) is 88.1 Å². The highest BCUT2D eigenvalue weighted by Gasteiger charge is 2.30. The maximum atomic E-state index is 13.3. The molecule has 1 aliphatic rings. The van der Waals surface area contributed by atoms with Gasteiger partial charge in [0.2, 0.25) is 11.7 Å². The first-order valence-electron chi connectivity index (χ1n) is 9.96. The molecule has 1 unspecified atom stereocenters. The van der Waals surface area contributed by atoms with Crippen LogP contribution in [0.4, 0.5) is 5.69 Å². The van der Waals surface area contributed by atoms with E-state index in [1.165, 1.54) is 11.3 Å². The van der Waals surface area contributed by atoms with Gasteiger partial charge < -0.3 is 10.2 Å². The molecule has 6 heteroatoms. The molecule has 0 saturated carbocycles. The Morgan fingerprint density at radius 1 is 0.900 bits per heavy atom. The van der Waals surface area contributed by atoms with E-state index in [0.717, 1.165) is 18.5 Å². The number of amides is 2. The number of anilines is 1. The first kappa shape index (κ1) is 20.0. The Hall–Kier alpha value is -3.25. The molecule has 2 heterocycles. The van der Waals surface area contributed by atoms with Crippen molar-refractivity contribution in [3.63, 3.8) is 0 Å². The molecule has 30 heavy (non-hydrogen) atoms. The molecule has 1 atom stereocenters. The fourth-order valence-electron chi connectivity index (χ4n) is 3.72. The number of nitrogens with one attached hydrogen (secondary N) is 1. The van der Waals surface area contributed by atoms with Gasteiger partial charge in [-0.15, -0.1) is 11.3 Å². The lowest BCUT2D eigenvalue weighted by atomic mass is 9.95. The number of thiophene rings is 1. The number of rotatable bonds is 5. The van der Waals surface area contributed by atoms with E-state index in [1.54, 1.807) is 35.2 Å². The average Bonchev–Trinajstić information content (AvgIpc) is 3.34. The molecule has 152 valence electrons. The van der Waals surface area contributed by atoms with Crippen LogP contribution < -0.4 is 5.32 Å². The summed E-state index contributed by atoms with van der Waals surface area (Å²) >= 11 is 1.36. The lowest BCUT2D eigenvalue weighted by molar-refractivity contribution is -0.121. The third-order valence-corrected chi connectivity index (χ3v) is 6.14. The molecule has 0 radical (unpaired) electrons. The number of carbonyl (C=O) groups excluding carboxylic acids is 3. The molecule has 1 N–H and O–H groups in total. The molecule has 5 nitrogen and oxygen atoms in total. The lowest BCUT2D eigenvalue weighted by Gasteiger charge is -2.32. The normalized spacial score (nSPS) is 16.1. The monoisotopic (exact) mass is 418 g/mol. The highest BCUT2D eigenvalue weighted by Crippen LogP contribution is 2.24. The summed E-state index contributed by atoms with van der Waals surface area (Å²) in [7, 11) is 0. The Bertz CT molecular complexity index is 1050. The minimum atomic E-state index is -0.275. The second-order valence-corrected chi connectivity index (χ2v) is 8.25. The number of piperidine rings is 1. The molecular formula is C24H22N2O3S. The molecule has 1 fully saturated rings. The van der Waals surface area contributed by atoms with Gasteiger partial charge in [0, 0.05) is 24.3 Å². The van der Waals surface area contributed by atoms with E-state index in [1.807, 2.05) is 41.8 Å². The van der Waals surface area contributed by atoms with Crippen molar-refractivity contribution < 1.29 is 14.4 Å². The molecule has 1 aliphatic heterocycles. The van der Waals surface area contributed by atoms with Gasteiger partial charge in [-0.05, 0) is 42.5 Å². The maximum absolute atomic E-state index is 13.3. The van der Waals surface area contributed by atoms with E-state index in [-0.39, 0.29) is 23.5 Å². The number of hydrogen-bond acceptors (Lipinski definition) is 4. The van der Waals surface area contributed by atoms with Gasteiger partial charge in [0.1, 0.15) is 0 Å². The van der Waals surface area contributed by atoms with E-state index in [0.29, 0.717) is 29.1 Å². The fraction of sp³-hybridized carbons (Fsp3) is 0.208. The molecule has 4 rings (SSSR count). The largest absolute Gasteiger partial charge is 0.338 e. The minimum Gasteiger partial charge on any atom is -0.338 e. The molecule has 1 saturated heterocycles. The van der Waals surface area contributed by atoms with Crippen molar-refractivity contribution in [2.75, 3.05) is 18.4 Å². The Morgan fingerprint density at radius 2 is 1.63 bits per heavy atom. The van der Waals surface area contributed by atoms with E-state index in [2.05, 4.69) is 5.32 Å². The summed E-state index contributed by atoms with van der Waals surface area (Å²) in [4.78, 5) is 41.1. The molecule has 0 spiro atoms. The fourth-order valence-corrected chi connectivity index (χ4v) is 4.40. The van der Waals surface area contributed by atoms with E-state index in [4.69, 9.17) is 0 Å². The van der Waals surface area contributed by atoms with Gasteiger partial charge in [-0.25, -0.2) is 0 Å². The zero-order valence-corrected chi connectivity index (χ0v) is 17.2. The zero-order valence-electron chi connectivity index (χ0n) is 16.4. The molecule has 2 amide bonds. The summed E-state index contributed by atoms with van der Waals surface area (Å²) < 4.78 is 0. The number of nitrogens with zero attached hydrogens (tertiary/aromatic N) is 1. The van der Waals surface area contributed by atoms with Crippen LogP contribution in [0.25, 0.3) is 0 Å². The molecule has 0 bridgehead atoms. The van der Waals surface area contributed by atoms with Gasteiger partial charge in [-0.2, -0.15) is 0 Å². The number of carbonyl (C=O) groups is 3. The van der Waals surface area contributed by atoms with E-state index < -0.39 is 0 Å². The molecule has 3 aromatic rings. The summed E-state index contributed by atoms with van der Waals surface area (Å²) in [5.41, 5.74) is 1.54. The van der Waals surface area contributed by atoms with Crippen LogP contribution in [0.3, 0.4) is 0 Å². The standard InChI is InChI=1S/C24H22N2O3S/c27-22(21-13-7-15-30-21)19-11-4-5-12-20(19)24(29)26-14-6-8-17(16-26)23(28)25-18-9-2-1-3-10-18/h1-5,7,9-13,15,17H,6,8,14,16H2,(H,25,28). The van der Waals surface area contributed by atoms with Crippen LogP contribution in [0.15, 0.2) is 72.1 Å². The van der Waals surface area contributed by atoms with Crippen molar-refractivity contribution in [3.8, 4) is 0 Å². The zero-order chi connectivity index (χ0) is 20.9. The van der Waals surface area contributed by atoms with Gasteiger partial charge in [-0.1, -0.05) is 42.5 Å². The second kappa shape index (κ2) is 9.05. The third kappa shape index (κ3) is 4.33. The molecule has 2 aromatic carbocycles. The van der Waals surface area contributed by atoms with Crippen molar-refractivity contribution in [2.45, 2.75) is 12.8 Å². The van der Waals surface area contributed by atoms with Gasteiger partial charge in [0.15, 0.2) is 0 Å². The van der Waals surface area contributed by atoms with Crippen LogP contribution in [0.1, 0.15) is 38.4 Å². The lowest BCUT2D eigenvalue weighted by Crippen LogP contribution is -2.44. The molecule has 1 aromatic heterocycles. The van der Waals surface area contributed by atoms with Crippen LogP contribution >= 0.6 is 11.3 Å². The second-order valence-electron chi connectivity index (χ2n) is 7.30. The Labute approximate surface area is 179 Å². The maximum Gasteiger partial charge on any atom is 0.254 e. The van der Waals surface area contributed by atoms with Crippen molar-refractivity contribution in [2.24, 2.45) is 5.92 Å². The van der Waals surface area contributed by atoms with Gasteiger partial charge in [0.05, 0.1) is 16.4 Å². The number of ketones is 1. The van der Waals surface area contributed by atoms with Crippen molar-refractivity contribution in [1.82, 2.24) is 4.90 Å². The molecular weight excluding hydrogens is 396 g/mol. The topological polar surface area (TPSA) is 66.5 Å². The van der Waals surface area contributed by atoms with Crippen molar-refractivity contribution in [1.29, 1.82) is 0 Å². The SMILES string of the molecule is O=C(c1cccs1)c1ccccc1C(=O)N1CCCC(C(=O)Nc2ccccc2)C1. The quantitative estimate of drug-likeness (QED) is 0.622. The van der Waals surface area contributed by atoms with E-state index in [9.17, 15) is 14.4 Å². The Balaban J connectivity index is 1.50. The summed E-state index contributed by atoms with van der Waals surface area (Å²) in [6.07, 6.45) is 1.48. The highest BCUT2D eigenvalue weighted by atomic mass is 32.1. The van der Waals surface area contributed by atoms with Crippen LogP contribution in [0.2, 0.25) is 0 Å². The third-order valence-electron chi connectivity index (χ3n) is 5.27. The average molecular weight is 419 g/mol. The minimum absolute atomic E-state index is 0.0818. The number of likely N-dealkylation sites (tertiary alicyclic amines) is 1. The predicted molar refractivity (Wildman–Crippen MR) is 118 cm³/mol.